The van der Waals surface area contributed by atoms with Gasteiger partial charge in [-0.05, 0) is 18.4 Å². The van der Waals surface area contributed by atoms with Gasteiger partial charge < -0.3 is 15.4 Å². The van der Waals surface area contributed by atoms with Crippen molar-refractivity contribution in [3.8, 4) is 0 Å². The first kappa shape index (κ1) is 28.1. The molecule has 2 aromatic rings. The van der Waals surface area contributed by atoms with Gasteiger partial charge in [0, 0.05) is 39.0 Å². The van der Waals surface area contributed by atoms with E-state index in [1.807, 2.05) is 20.8 Å². The molecule has 0 bridgehead atoms. The number of H-pyrrole nitrogens is 1. The van der Waals surface area contributed by atoms with Gasteiger partial charge in [-0.15, -0.1) is 24.8 Å². The van der Waals surface area contributed by atoms with E-state index in [4.69, 9.17) is 4.74 Å². The van der Waals surface area contributed by atoms with Crippen molar-refractivity contribution < 1.29 is 9.53 Å². The number of carbonyl (C=O) groups excluding carboxylic acids is 1. The van der Waals surface area contributed by atoms with Crippen LogP contribution in [0.2, 0.25) is 0 Å². The number of hydrogen-bond acceptors (Lipinski definition) is 6. The second kappa shape index (κ2) is 13.4. The molecule has 1 amide bonds. The molecule has 2 heterocycles. The molecule has 0 atom stereocenters. The minimum absolute atomic E-state index is 0. The zero-order valence-corrected chi connectivity index (χ0v) is 19.4. The lowest BCUT2D eigenvalue weighted by atomic mass is 10.0. The summed E-state index contributed by atoms with van der Waals surface area (Å²) >= 11 is 0. The number of ether oxygens (including phenoxy) is 1. The molecule has 0 fully saturated rings. The largest absolute Gasteiger partial charge is 0.383 e. The molecule has 0 saturated heterocycles. The molecular formula is C19H31Cl2N5O4. The van der Waals surface area contributed by atoms with Crippen molar-refractivity contribution >= 4 is 41.8 Å². The van der Waals surface area contributed by atoms with Crippen LogP contribution in [0.3, 0.4) is 0 Å². The molecule has 30 heavy (non-hydrogen) atoms. The fourth-order valence-corrected chi connectivity index (χ4v) is 2.86. The van der Waals surface area contributed by atoms with Gasteiger partial charge in [-0.3, -0.25) is 19.1 Å². The molecule has 0 aliphatic heterocycles. The van der Waals surface area contributed by atoms with Crippen molar-refractivity contribution in [1.82, 2.24) is 25.2 Å². The summed E-state index contributed by atoms with van der Waals surface area (Å²) in [6, 6.07) is 1.64. The van der Waals surface area contributed by atoms with Gasteiger partial charge in [0.2, 0.25) is 0 Å². The van der Waals surface area contributed by atoms with Crippen molar-refractivity contribution in [3.05, 3.63) is 38.2 Å². The van der Waals surface area contributed by atoms with Crippen molar-refractivity contribution in [2.45, 2.75) is 39.7 Å². The summed E-state index contributed by atoms with van der Waals surface area (Å²) in [6.07, 6.45) is 0.698. The predicted octanol–water partition coefficient (Wildman–Crippen LogP) is 1.43. The number of fused-ring (bicyclic) bond motifs is 1. The molecule has 0 aliphatic rings. The molecule has 11 heteroatoms. The molecule has 2 rings (SSSR count). The van der Waals surface area contributed by atoms with Crippen LogP contribution in [-0.4, -0.2) is 53.8 Å². The summed E-state index contributed by atoms with van der Waals surface area (Å²) in [6.45, 7) is 8.49. The molecule has 3 N–H and O–H groups in total. The number of aromatic nitrogens is 3. The molecule has 2 aromatic heterocycles. The highest BCUT2D eigenvalue weighted by atomic mass is 35.5. The highest BCUT2D eigenvalue weighted by Gasteiger charge is 2.20. The average Bonchev–Trinajstić information content (AvgIpc) is 2.66. The molecule has 0 radical (unpaired) electrons. The molecule has 9 nitrogen and oxygen atoms in total. The molecule has 0 saturated carbocycles. The maximum atomic E-state index is 12.8. The first-order valence-corrected chi connectivity index (χ1v) is 9.56. The lowest BCUT2D eigenvalue weighted by molar-refractivity contribution is 0.0955. The minimum atomic E-state index is -0.599. The Labute approximate surface area is 187 Å². The number of methoxy groups -OCH3 is 1. The fraction of sp³-hybridized carbons (Fsp3) is 0.579. The Hall–Kier alpha value is -1.94. The number of hydrogen-bond donors (Lipinski definition) is 3. The van der Waals surface area contributed by atoms with Crippen LogP contribution in [0, 0.1) is 0 Å². The maximum absolute atomic E-state index is 12.8. The van der Waals surface area contributed by atoms with Crippen LogP contribution in [0.5, 0.6) is 0 Å². The van der Waals surface area contributed by atoms with Gasteiger partial charge in [0.25, 0.3) is 11.5 Å². The van der Waals surface area contributed by atoms with E-state index in [-0.39, 0.29) is 53.2 Å². The number of nitrogens with one attached hydrogen (secondary N) is 3. The summed E-state index contributed by atoms with van der Waals surface area (Å²) in [5.41, 5.74) is 0.0348. The van der Waals surface area contributed by atoms with Gasteiger partial charge >= 0.3 is 5.69 Å². The normalized spacial score (nSPS) is 10.6. The van der Waals surface area contributed by atoms with E-state index in [1.54, 1.807) is 13.2 Å². The number of nitrogens with zero attached hydrogens (tertiary/aromatic N) is 2. The lowest BCUT2D eigenvalue weighted by Crippen LogP contribution is -2.35. The van der Waals surface area contributed by atoms with Gasteiger partial charge in [-0.2, -0.15) is 0 Å². The van der Waals surface area contributed by atoms with E-state index in [0.29, 0.717) is 44.9 Å². The van der Waals surface area contributed by atoms with E-state index in [1.165, 1.54) is 4.57 Å². The molecule has 0 unspecified atom stereocenters. The highest BCUT2D eigenvalue weighted by molar-refractivity contribution is 6.05. The van der Waals surface area contributed by atoms with E-state index in [2.05, 4.69) is 20.6 Å². The van der Waals surface area contributed by atoms with Gasteiger partial charge in [0.15, 0.2) is 5.65 Å². The van der Waals surface area contributed by atoms with Gasteiger partial charge in [0.05, 0.1) is 17.6 Å². The molecule has 0 spiro atoms. The van der Waals surface area contributed by atoms with E-state index >= 15 is 0 Å². The number of pyridine rings is 1. The number of amides is 1. The lowest BCUT2D eigenvalue weighted by Gasteiger charge is -2.14. The van der Waals surface area contributed by atoms with Crippen LogP contribution in [0.4, 0.5) is 0 Å². The van der Waals surface area contributed by atoms with Crippen LogP contribution < -0.4 is 21.9 Å². The second-order valence-electron chi connectivity index (χ2n) is 6.86. The standard InChI is InChI=1S/C19H29N5O4.2ClH/c1-5-9-24-16-15(18(26)23-19(24)27)13(11-14(22-16)12(2)3)17(25)21-7-6-20-8-10-28-4;;/h11-12,20H,5-10H2,1-4H3,(H,21,25)(H,23,26,27);2*1H. The highest BCUT2D eigenvalue weighted by Crippen LogP contribution is 2.19. The SMILES string of the molecule is CCCn1c(=O)[nH]c(=O)c2c(C(=O)NCCNCCOC)cc(C(C)C)nc21.Cl.Cl. The van der Waals surface area contributed by atoms with Crippen LogP contribution in [0.1, 0.15) is 49.2 Å². The van der Waals surface area contributed by atoms with Crippen molar-refractivity contribution in [2.24, 2.45) is 0 Å². The summed E-state index contributed by atoms with van der Waals surface area (Å²) < 4.78 is 6.38. The van der Waals surface area contributed by atoms with Crippen LogP contribution >= 0.6 is 24.8 Å². The third kappa shape index (κ3) is 6.80. The van der Waals surface area contributed by atoms with E-state index < -0.39 is 11.2 Å². The third-order valence-corrected chi connectivity index (χ3v) is 4.32. The van der Waals surface area contributed by atoms with Gasteiger partial charge in [-0.1, -0.05) is 20.8 Å². The van der Waals surface area contributed by atoms with Crippen LogP contribution in [0.15, 0.2) is 15.7 Å². The average molecular weight is 464 g/mol. The molecular weight excluding hydrogens is 433 g/mol. The van der Waals surface area contributed by atoms with E-state index in [9.17, 15) is 14.4 Å². The second-order valence-corrected chi connectivity index (χ2v) is 6.86. The topological polar surface area (TPSA) is 118 Å². The van der Waals surface area contributed by atoms with Crippen molar-refractivity contribution in [3.63, 3.8) is 0 Å². The summed E-state index contributed by atoms with van der Waals surface area (Å²) in [5.74, 6) is -0.328. The Bertz CT molecular complexity index is 943. The Kier molecular flexibility index (Phi) is 12.5. The monoisotopic (exact) mass is 463 g/mol. The molecule has 170 valence electrons. The molecule has 0 aromatic carbocycles. The maximum Gasteiger partial charge on any atom is 0.329 e. The Morgan fingerprint density at radius 2 is 1.93 bits per heavy atom. The number of aryl methyl sites for hydroxylation is 1. The smallest absolute Gasteiger partial charge is 0.329 e. The number of halogens is 2. The number of rotatable bonds is 10. The summed E-state index contributed by atoms with van der Waals surface area (Å²) in [5, 5.41) is 6.10. The Morgan fingerprint density at radius 1 is 1.23 bits per heavy atom. The molecule has 0 aliphatic carbocycles. The predicted molar refractivity (Wildman–Crippen MR) is 123 cm³/mol. The third-order valence-electron chi connectivity index (χ3n) is 4.32. The first-order chi connectivity index (χ1) is 13.4. The zero-order valence-electron chi connectivity index (χ0n) is 17.7. The quantitative estimate of drug-likeness (QED) is 0.458. The van der Waals surface area contributed by atoms with Gasteiger partial charge in [0.1, 0.15) is 0 Å². The van der Waals surface area contributed by atoms with Crippen LogP contribution in [-0.2, 0) is 11.3 Å². The first-order valence-electron chi connectivity index (χ1n) is 9.56. The summed E-state index contributed by atoms with van der Waals surface area (Å²) in [4.78, 5) is 44.4. The van der Waals surface area contributed by atoms with Crippen molar-refractivity contribution in [1.29, 1.82) is 0 Å². The Morgan fingerprint density at radius 3 is 2.53 bits per heavy atom. The number of aromatic amines is 1. The minimum Gasteiger partial charge on any atom is -0.383 e. The number of carbonyl (C=O) groups is 1. The van der Waals surface area contributed by atoms with Gasteiger partial charge in [-0.25, -0.2) is 9.78 Å². The zero-order chi connectivity index (χ0) is 20.7. The van der Waals surface area contributed by atoms with Crippen molar-refractivity contribution in [2.75, 3.05) is 33.4 Å². The van der Waals surface area contributed by atoms with Crippen LogP contribution in [0.25, 0.3) is 11.0 Å². The summed E-state index contributed by atoms with van der Waals surface area (Å²) in [7, 11) is 1.62. The van der Waals surface area contributed by atoms with E-state index in [0.717, 1.165) is 0 Å². The Balaban J connectivity index is 0.00000420. The fourth-order valence-electron chi connectivity index (χ4n) is 2.86.